The zero-order valence-electron chi connectivity index (χ0n) is 9.51. The van der Waals surface area contributed by atoms with Gasteiger partial charge in [-0.25, -0.2) is 0 Å². The number of hydrogen-bond donors (Lipinski definition) is 1. The average molecular weight is 222 g/mol. The third-order valence-corrected chi connectivity index (χ3v) is 2.62. The summed E-state index contributed by atoms with van der Waals surface area (Å²) >= 11 is 0. The van der Waals surface area contributed by atoms with Crippen molar-refractivity contribution in [1.82, 2.24) is 5.32 Å². The Labute approximate surface area is 102 Å². The smallest absolute Gasteiger partial charge is 0.121 e. The third-order valence-electron chi connectivity index (χ3n) is 2.62. The monoisotopic (exact) mass is 222 g/mol. The van der Waals surface area contributed by atoms with Gasteiger partial charge in [-0.15, -0.1) is 0 Å². The van der Waals surface area contributed by atoms with E-state index in [1.807, 2.05) is 60.7 Å². The van der Waals surface area contributed by atoms with E-state index < -0.39 is 0 Å². The van der Waals surface area contributed by atoms with E-state index in [-0.39, 0.29) is 6.04 Å². The highest BCUT2D eigenvalue weighted by atomic mass is 14.9. The minimum Gasteiger partial charge on any atom is -0.294 e. The molecule has 17 heavy (non-hydrogen) atoms. The van der Waals surface area contributed by atoms with Crippen LogP contribution in [0.5, 0.6) is 0 Å². The first-order valence-corrected chi connectivity index (χ1v) is 5.62. The maximum atomic E-state index is 9.14. The molecular formula is C15H14N2. The first-order valence-electron chi connectivity index (χ1n) is 5.62. The molecule has 0 aliphatic rings. The molecule has 0 aromatic heterocycles. The summed E-state index contributed by atoms with van der Waals surface area (Å²) in [5.74, 6) is 0. The summed E-state index contributed by atoms with van der Waals surface area (Å²) in [7, 11) is 0. The maximum absolute atomic E-state index is 9.14. The summed E-state index contributed by atoms with van der Waals surface area (Å²) in [5.41, 5.74) is 2.19. The fraction of sp³-hybridized carbons (Fsp3) is 0.133. The molecule has 1 atom stereocenters. The number of benzene rings is 2. The second-order valence-electron chi connectivity index (χ2n) is 3.84. The Hall–Kier alpha value is -2.11. The molecule has 2 heteroatoms. The van der Waals surface area contributed by atoms with Gasteiger partial charge in [-0.3, -0.25) is 5.32 Å². The lowest BCUT2D eigenvalue weighted by molar-refractivity contribution is 0.630. The highest BCUT2D eigenvalue weighted by Gasteiger charge is 2.08. The zero-order chi connectivity index (χ0) is 11.9. The van der Waals surface area contributed by atoms with Crippen LogP contribution in [0.25, 0.3) is 0 Å². The van der Waals surface area contributed by atoms with Crippen molar-refractivity contribution in [2.75, 3.05) is 0 Å². The molecule has 0 aliphatic carbocycles. The highest BCUT2D eigenvalue weighted by Crippen LogP contribution is 2.12. The topological polar surface area (TPSA) is 35.8 Å². The molecule has 2 nitrogen and oxygen atoms in total. The summed E-state index contributed by atoms with van der Waals surface area (Å²) in [6.07, 6.45) is 0. The normalized spacial score (nSPS) is 11.7. The molecule has 0 saturated carbocycles. The van der Waals surface area contributed by atoms with E-state index in [1.165, 1.54) is 5.56 Å². The van der Waals surface area contributed by atoms with Crippen LogP contribution in [0.3, 0.4) is 0 Å². The fourth-order valence-electron chi connectivity index (χ4n) is 1.70. The molecular weight excluding hydrogens is 208 g/mol. The Morgan fingerprint density at radius 3 is 2.12 bits per heavy atom. The van der Waals surface area contributed by atoms with Crippen LogP contribution in [0, 0.1) is 11.3 Å². The molecule has 0 unspecified atom stereocenters. The largest absolute Gasteiger partial charge is 0.294 e. The average Bonchev–Trinajstić information content (AvgIpc) is 2.42. The Morgan fingerprint density at radius 2 is 1.53 bits per heavy atom. The van der Waals surface area contributed by atoms with Crippen molar-refractivity contribution in [3.8, 4) is 6.07 Å². The van der Waals surface area contributed by atoms with E-state index in [2.05, 4.69) is 11.4 Å². The summed E-state index contributed by atoms with van der Waals surface area (Å²) in [4.78, 5) is 0. The van der Waals surface area contributed by atoms with Crippen molar-refractivity contribution in [1.29, 1.82) is 5.26 Å². The van der Waals surface area contributed by atoms with Gasteiger partial charge in [0.1, 0.15) is 6.04 Å². The van der Waals surface area contributed by atoms with Crippen LogP contribution in [0.15, 0.2) is 60.7 Å². The van der Waals surface area contributed by atoms with E-state index in [0.29, 0.717) is 6.54 Å². The van der Waals surface area contributed by atoms with Crippen LogP contribution in [-0.2, 0) is 6.54 Å². The third kappa shape index (κ3) is 3.17. The van der Waals surface area contributed by atoms with Gasteiger partial charge in [0.15, 0.2) is 0 Å². The molecule has 2 rings (SSSR count). The van der Waals surface area contributed by atoms with Gasteiger partial charge in [-0.2, -0.15) is 5.26 Å². The van der Waals surface area contributed by atoms with E-state index >= 15 is 0 Å². The van der Waals surface area contributed by atoms with Gasteiger partial charge in [-0.05, 0) is 11.1 Å². The lowest BCUT2D eigenvalue weighted by atomic mass is 10.1. The van der Waals surface area contributed by atoms with Crippen molar-refractivity contribution in [2.45, 2.75) is 12.6 Å². The molecule has 84 valence electrons. The van der Waals surface area contributed by atoms with Crippen LogP contribution in [0.4, 0.5) is 0 Å². The molecule has 0 bridgehead atoms. The summed E-state index contributed by atoms with van der Waals surface area (Å²) in [6, 6.07) is 21.9. The lowest BCUT2D eigenvalue weighted by Crippen LogP contribution is -2.19. The molecule has 2 aromatic carbocycles. The van der Waals surface area contributed by atoms with Gasteiger partial charge in [-0.1, -0.05) is 60.7 Å². The van der Waals surface area contributed by atoms with Crippen molar-refractivity contribution in [3.63, 3.8) is 0 Å². The van der Waals surface area contributed by atoms with Gasteiger partial charge in [0.05, 0.1) is 6.07 Å². The highest BCUT2D eigenvalue weighted by molar-refractivity contribution is 5.24. The fourth-order valence-corrected chi connectivity index (χ4v) is 1.70. The Bertz CT molecular complexity index is 485. The van der Waals surface area contributed by atoms with Crippen LogP contribution in [0.1, 0.15) is 17.2 Å². The van der Waals surface area contributed by atoms with Gasteiger partial charge >= 0.3 is 0 Å². The van der Waals surface area contributed by atoms with Gasteiger partial charge in [0.2, 0.25) is 0 Å². The van der Waals surface area contributed by atoms with Crippen LogP contribution < -0.4 is 5.32 Å². The number of hydrogen-bond acceptors (Lipinski definition) is 2. The lowest BCUT2D eigenvalue weighted by Gasteiger charge is -2.11. The van der Waals surface area contributed by atoms with Gasteiger partial charge < -0.3 is 0 Å². The van der Waals surface area contributed by atoms with E-state index in [4.69, 9.17) is 5.26 Å². The van der Waals surface area contributed by atoms with E-state index in [0.717, 1.165) is 5.56 Å². The van der Waals surface area contributed by atoms with Gasteiger partial charge in [0, 0.05) is 6.54 Å². The summed E-state index contributed by atoms with van der Waals surface area (Å²) < 4.78 is 0. The summed E-state index contributed by atoms with van der Waals surface area (Å²) in [5, 5.41) is 12.4. The molecule has 0 spiro atoms. The predicted molar refractivity (Wildman–Crippen MR) is 68.1 cm³/mol. The number of rotatable bonds is 4. The first kappa shape index (κ1) is 11.4. The Morgan fingerprint density at radius 1 is 0.941 bits per heavy atom. The van der Waals surface area contributed by atoms with Crippen molar-refractivity contribution in [3.05, 3.63) is 71.8 Å². The molecule has 0 heterocycles. The van der Waals surface area contributed by atoms with Gasteiger partial charge in [0.25, 0.3) is 0 Å². The van der Waals surface area contributed by atoms with Crippen LogP contribution >= 0.6 is 0 Å². The molecule has 0 aliphatic heterocycles. The molecule has 0 amide bonds. The predicted octanol–water partition coefficient (Wildman–Crippen LogP) is 3.04. The maximum Gasteiger partial charge on any atom is 0.121 e. The SMILES string of the molecule is N#C[C@@H](NCc1ccccc1)c1ccccc1. The van der Waals surface area contributed by atoms with Crippen molar-refractivity contribution in [2.24, 2.45) is 0 Å². The second kappa shape index (κ2) is 5.83. The van der Waals surface area contributed by atoms with Crippen LogP contribution in [0.2, 0.25) is 0 Å². The molecule has 0 radical (unpaired) electrons. The summed E-state index contributed by atoms with van der Waals surface area (Å²) in [6.45, 7) is 0.702. The first-order chi connectivity index (χ1) is 8.40. The zero-order valence-corrected chi connectivity index (χ0v) is 9.51. The molecule has 1 N–H and O–H groups in total. The molecule has 2 aromatic rings. The quantitative estimate of drug-likeness (QED) is 0.863. The number of nitrogens with one attached hydrogen (secondary N) is 1. The minimum atomic E-state index is -0.253. The van der Waals surface area contributed by atoms with Crippen molar-refractivity contribution >= 4 is 0 Å². The minimum absolute atomic E-state index is 0.253. The molecule has 0 saturated heterocycles. The van der Waals surface area contributed by atoms with Crippen LogP contribution in [-0.4, -0.2) is 0 Å². The Kier molecular flexibility index (Phi) is 3.90. The standard InChI is InChI=1S/C15H14N2/c16-11-15(14-9-5-2-6-10-14)17-12-13-7-3-1-4-8-13/h1-10,15,17H,12H2/t15-/m1/s1. The van der Waals surface area contributed by atoms with Crippen molar-refractivity contribution < 1.29 is 0 Å². The molecule has 0 fully saturated rings. The second-order valence-corrected chi connectivity index (χ2v) is 3.84. The Balaban J connectivity index is 2.01. The number of nitriles is 1. The number of nitrogens with zero attached hydrogens (tertiary/aromatic N) is 1. The van der Waals surface area contributed by atoms with E-state index in [9.17, 15) is 0 Å². The van der Waals surface area contributed by atoms with E-state index in [1.54, 1.807) is 0 Å².